The molecule has 10 heteroatoms. The number of ketones is 1. The van der Waals surface area contributed by atoms with Gasteiger partial charge >= 0.3 is 0 Å². The molecule has 2 aliphatic heterocycles. The predicted octanol–water partition coefficient (Wildman–Crippen LogP) is 3.04. The second kappa shape index (κ2) is 9.55. The van der Waals surface area contributed by atoms with Gasteiger partial charge in [0.05, 0.1) is 10.6 Å². The molecule has 0 saturated carbocycles. The summed E-state index contributed by atoms with van der Waals surface area (Å²) in [4.78, 5) is 36.2. The van der Waals surface area contributed by atoms with Crippen molar-refractivity contribution < 1.29 is 27.5 Å². The van der Waals surface area contributed by atoms with Gasteiger partial charge in [-0.15, -0.1) is 0 Å². The molecule has 0 aliphatic carbocycles. The van der Waals surface area contributed by atoms with Crippen LogP contribution in [0.5, 0.6) is 5.75 Å². The van der Waals surface area contributed by atoms with Crippen molar-refractivity contribution in [3.05, 3.63) is 48.0 Å². The molecular formula is C24H27N3O6S. The lowest BCUT2D eigenvalue weighted by atomic mass is 9.97. The van der Waals surface area contributed by atoms with E-state index in [4.69, 9.17) is 4.74 Å². The minimum absolute atomic E-state index is 0.0505. The molecule has 180 valence electrons. The summed E-state index contributed by atoms with van der Waals surface area (Å²) in [6, 6.07) is 11.1. The Labute approximate surface area is 198 Å². The van der Waals surface area contributed by atoms with E-state index in [1.54, 1.807) is 30.3 Å². The zero-order valence-corrected chi connectivity index (χ0v) is 19.9. The first-order valence-corrected chi connectivity index (χ1v) is 12.7. The van der Waals surface area contributed by atoms with Gasteiger partial charge in [-0.1, -0.05) is 6.92 Å². The number of ether oxygens (including phenoxy) is 1. The summed E-state index contributed by atoms with van der Waals surface area (Å²) >= 11 is 0. The minimum atomic E-state index is -3.79. The van der Waals surface area contributed by atoms with Gasteiger partial charge in [-0.3, -0.25) is 14.4 Å². The van der Waals surface area contributed by atoms with Crippen LogP contribution in [0, 0.1) is 5.92 Å². The Hall–Kier alpha value is -3.24. The molecule has 9 nitrogen and oxygen atoms in total. The maximum Gasteiger partial charge on any atom is 0.265 e. The van der Waals surface area contributed by atoms with E-state index in [2.05, 4.69) is 10.6 Å². The quantitative estimate of drug-likeness (QED) is 0.607. The molecule has 0 radical (unpaired) electrons. The normalized spacial score (nSPS) is 19.0. The van der Waals surface area contributed by atoms with Crippen molar-refractivity contribution in [2.24, 2.45) is 5.92 Å². The van der Waals surface area contributed by atoms with Gasteiger partial charge in [0, 0.05) is 30.3 Å². The summed E-state index contributed by atoms with van der Waals surface area (Å²) < 4.78 is 33.3. The third kappa shape index (κ3) is 4.83. The molecule has 2 aliphatic rings. The third-order valence-corrected chi connectivity index (χ3v) is 8.06. The van der Waals surface area contributed by atoms with Crippen molar-refractivity contribution in [1.82, 2.24) is 4.31 Å². The Balaban J connectivity index is 1.39. The lowest BCUT2D eigenvalue weighted by molar-refractivity contribution is -0.123. The standard InChI is InChI=1S/C24H27N3O6S/c1-3-21-24(30)26-20-14-19(8-9-22(20)33-21)34(31,32)27-12-10-17(11-13-27)23(29)25-18-6-4-16(5-7-18)15(2)28/h4-9,14,17,21H,3,10-13H2,1-2H3,(H,25,29)(H,26,30)/t21-/m1/s1. The van der Waals surface area contributed by atoms with Gasteiger partial charge in [0.15, 0.2) is 11.9 Å². The number of benzene rings is 2. The maximum absolute atomic E-state index is 13.2. The van der Waals surface area contributed by atoms with Crippen LogP contribution in [0.15, 0.2) is 47.4 Å². The highest BCUT2D eigenvalue weighted by Gasteiger charge is 2.34. The fraction of sp³-hybridized carbons (Fsp3) is 0.375. The number of carbonyl (C=O) groups is 3. The van der Waals surface area contributed by atoms with E-state index in [-0.39, 0.29) is 41.5 Å². The van der Waals surface area contributed by atoms with Gasteiger partial charge in [0.1, 0.15) is 5.75 Å². The van der Waals surface area contributed by atoms with Crippen molar-refractivity contribution >= 4 is 39.0 Å². The van der Waals surface area contributed by atoms with Crippen LogP contribution in [0.3, 0.4) is 0 Å². The lowest BCUT2D eigenvalue weighted by Gasteiger charge is -2.31. The van der Waals surface area contributed by atoms with Gasteiger partial charge in [-0.25, -0.2) is 8.42 Å². The number of piperidine rings is 1. The first kappa shape index (κ1) is 23.9. The molecule has 2 N–H and O–H groups in total. The largest absolute Gasteiger partial charge is 0.478 e. The predicted molar refractivity (Wildman–Crippen MR) is 126 cm³/mol. The number of amides is 2. The Morgan fingerprint density at radius 1 is 1.12 bits per heavy atom. The van der Waals surface area contributed by atoms with Crippen LogP contribution >= 0.6 is 0 Å². The number of hydrogen-bond acceptors (Lipinski definition) is 6. The first-order valence-electron chi connectivity index (χ1n) is 11.2. The number of sulfonamides is 1. The monoisotopic (exact) mass is 485 g/mol. The number of nitrogens with one attached hydrogen (secondary N) is 2. The molecule has 2 aromatic carbocycles. The highest BCUT2D eigenvalue weighted by molar-refractivity contribution is 7.89. The summed E-state index contributed by atoms with van der Waals surface area (Å²) in [7, 11) is -3.79. The average Bonchev–Trinajstić information content (AvgIpc) is 2.83. The van der Waals surface area contributed by atoms with Crippen LogP contribution in [0.1, 0.15) is 43.5 Å². The van der Waals surface area contributed by atoms with E-state index in [1.165, 1.54) is 23.4 Å². The molecule has 0 unspecified atom stereocenters. The van der Waals surface area contributed by atoms with Crippen molar-refractivity contribution in [3.63, 3.8) is 0 Å². The fourth-order valence-corrected chi connectivity index (χ4v) is 5.60. The van der Waals surface area contributed by atoms with E-state index < -0.39 is 16.1 Å². The molecule has 34 heavy (non-hydrogen) atoms. The second-order valence-corrected chi connectivity index (χ2v) is 10.4. The smallest absolute Gasteiger partial charge is 0.265 e. The molecule has 0 spiro atoms. The molecule has 2 heterocycles. The summed E-state index contributed by atoms with van der Waals surface area (Å²) in [6.07, 6.45) is 0.698. The Morgan fingerprint density at radius 2 is 1.79 bits per heavy atom. The number of nitrogens with zero attached hydrogens (tertiary/aromatic N) is 1. The Morgan fingerprint density at radius 3 is 2.41 bits per heavy atom. The van der Waals surface area contributed by atoms with Crippen LogP contribution in [0.25, 0.3) is 0 Å². The van der Waals surface area contributed by atoms with Crippen LogP contribution in [-0.2, 0) is 19.6 Å². The molecule has 2 aromatic rings. The number of fused-ring (bicyclic) bond motifs is 1. The van der Waals surface area contributed by atoms with E-state index in [1.807, 2.05) is 6.92 Å². The topological polar surface area (TPSA) is 122 Å². The van der Waals surface area contributed by atoms with Crippen LogP contribution in [-0.4, -0.2) is 49.5 Å². The van der Waals surface area contributed by atoms with Gasteiger partial charge in [-0.05, 0) is 68.7 Å². The molecule has 2 amide bonds. The Bertz CT molecular complexity index is 1220. The number of hydrogen-bond donors (Lipinski definition) is 2. The number of carbonyl (C=O) groups excluding carboxylic acids is 3. The summed E-state index contributed by atoms with van der Waals surface area (Å²) in [5.74, 6) is -0.400. The van der Waals surface area contributed by atoms with Crippen molar-refractivity contribution in [2.75, 3.05) is 23.7 Å². The molecule has 1 atom stereocenters. The van der Waals surface area contributed by atoms with Gasteiger partial charge in [0.25, 0.3) is 5.91 Å². The van der Waals surface area contributed by atoms with Gasteiger partial charge in [-0.2, -0.15) is 4.31 Å². The minimum Gasteiger partial charge on any atom is -0.478 e. The summed E-state index contributed by atoms with van der Waals surface area (Å²) in [6.45, 7) is 3.73. The SMILES string of the molecule is CC[C@H]1Oc2ccc(S(=O)(=O)N3CCC(C(=O)Nc4ccc(C(C)=O)cc4)CC3)cc2NC1=O. The van der Waals surface area contributed by atoms with Crippen molar-refractivity contribution in [2.45, 2.75) is 44.1 Å². The third-order valence-electron chi connectivity index (χ3n) is 6.16. The summed E-state index contributed by atoms with van der Waals surface area (Å²) in [5.41, 5.74) is 1.49. The number of rotatable bonds is 6. The molecule has 1 fully saturated rings. The van der Waals surface area contributed by atoms with Crippen LogP contribution in [0.2, 0.25) is 0 Å². The van der Waals surface area contributed by atoms with Crippen LogP contribution < -0.4 is 15.4 Å². The van der Waals surface area contributed by atoms with Crippen molar-refractivity contribution in [1.29, 1.82) is 0 Å². The summed E-state index contributed by atoms with van der Waals surface area (Å²) in [5, 5.41) is 5.55. The highest BCUT2D eigenvalue weighted by atomic mass is 32.2. The number of Topliss-reactive ketones (excluding diaryl/α,β-unsaturated/α-hetero) is 1. The lowest BCUT2D eigenvalue weighted by Crippen LogP contribution is -2.41. The average molecular weight is 486 g/mol. The molecule has 0 aromatic heterocycles. The van der Waals surface area contributed by atoms with Crippen LogP contribution in [0.4, 0.5) is 11.4 Å². The molecule has 1 saturated heterocycles. The van der Waals surface area contributed by atoms with Gasteiger partial charge < -0.3 is 15.4 Å². The molecule has 0 bridgehead atoms. The van der Waals surface area contributed by atoms with Gasteiger partial charge in [0.2, 0.25) is 15.9 Å². The zero-order chi connectivity index (χ0) is 24.5. The van der Waals surface area contributed by atoms with E-state index >= 15 is 0 Å². The van der Waals surface area contributed by atoms with E-state index in [9.17, 15) is 22.8 Å². The number of anilines is 2. The first-order chi connectivity index (χ1) is 16.2. The fourth-order valence-electron chi connectivity index (χ4n) is 4.10. The Kier molecular flexibility index (Phi) is 6.72. The van der Waals surface area contributed by atoms with E-state index in [0.29, 0.717) is 42.0 Å². The second-order valence-electron chi connectivity index (χ2n) is 8.46. The molecular weight excluding hydrogens is 458 g/mol. The molecule has 4 rings (SSSR count). The highest BCUT2D eigenvalue weighted by Crippen LogP contribution is 2.34. The van der Waals surface area contributed by atoms with E-state index in [0.717, 1.165) is 0 Å². The van der Waals surface area contributed by atoms with Crippen molar-refractivity contribution in [3.8, 4) is 5.75 Å². The zero-order valence-electron chi connectivity index (χ0n) is 19.0. The maximum atomic E-state index is 13.2.